The predicted octanol–water partition coefficient (Wildman–Crippen LogP) is 0.272. The molecule has 1 saturated heterocycles. The zero-order valence-electron chi connectivity index (χ0n) is 11.1. The molecule has 0 amide bonds. The number of aryl methyl sites for hydroxylation is 1. The Morgan fingerprint density at radius 3 is 2.89 bits per heavy atom. The first kappa shape index (κ1) is 13.0. The number of nitrogens with zero attached hydrogens (tertiary/aromatic N) is 3. The maximum Gasteiger partial charge on any atom is 0.132 e. The maximum atomic E-state index is 5.47. The summed E-state index contributed by atoms with van der Waals surface area (Å²) in [6.07, 6.45) is 1.16. The van der Waals surface area contributed by atoms with Crippen LogP contribution in [0.25, 0.3) is 0 Å². The van der Waals surface area contributed by atoms with Crippen LogP contribution in [-0.4, -0.2) is 54.1 Å². The van der Waals surface area contributed by atoms with Crippen molar-refractivity contribution in [1.82, 2.24) is 14.9 Å². The van der Waals surface area contributed by atoms with Gasteiger partial charge in [-0.05, 0) is 26.9 Å². The summed E-state index contributed by atoms with van der Waals surface area (Å²) in [5, 5.41) is 6.65. The van der Waals surface area contributed by atoms with E-state index in [1.807, 2.05) is 13.0 Å². The summed E-state index contributed by atoms with van der Waals surface area (Å²) in [5.74, 6) is 2.50. The molecule has 18 heavy (non-hydrogen) atoms. The molecule has 1 atom stereocenters. The molecule has 1 unspecified atom stereocenters. The Morgan fingerprint density at radius 2 is 2.22 bits per heavy atom. The number of rotatable bonds is 5. The fourth-order valence-electron chi connectivity index (χ4n) is 2.19. The van der Waals surface area contributed by atoms with E-state index in [0.717, 1.165) is 43.5 Å². The zero-order chi connectivity index (χ0) is 13.0. The standard InChI is InChI=1S/C12H22N6/c1-9-15-11(14-5-4-13)7-12(16-9)17-10-3-6-18(2)8-10/h7,10H,3-6,8,13H2,1-2H3,(H2,14,15,16,17). The van der Waals surface area contributed by atoms with Crippen molar-refractivity contribution in [3.8, 4) is 0 Å². The van der Waals surface area contributed by atoms with E-state index < -0.39 is 0 Å². The first-order valence-electron chi connectivity index (χ1n) is 6.42. The summed E-state index contributed by atoms with van der Waals surface area (Å²) < 4.78 is 0. The highest BCUT2D eigenvalue weighted by Crippen LogP contribution is 2.15. The lowest BCUT2D eigenvalue weighted by Crippen LogP contribution is -2.24. The summed E-state index contributed by atoms with van der Waals surface area (Å²) in [7, 11) is 2.14. The molecule has 4 N–H and O–H groups in total. The molecule has 0 aromatic carbocycles. The van der Waals surface area contributed by atoms with Crippen molar-refractivity contribution in [2.75, 3.05) is 43.9 Å². The molecule has 2 heterocycles. The lowest BCUT2D eigenvalue weighted by Gasteiger charge is -2.15. The van der Waals surface area contributed by atoms with Crippen molar-refractivity contribution in [1.29, 1.82) is 0 Å². The Hall–Kier alpha value is -1.40. The normalized spacial score (nSPS) is 20.1. The van der Waals surface area contributed by atoms with Gasteiger partial charge in [-0.3, -0.25) is 0 Å². The van der Waals surface area contributed by atoms with E-state index in [4.69, 9.17) is 5.73 Å². The predicted molar refractivity (Wildman–Crippen MR) is 73.8 cm³/mol. The van der Waals surface area contributed by atoms with Crippen molar-refractivity contribution >= 4 is 11.6 Å². The largest absolute Gasteiger partial charge is 0.369 e. The van der Waals surface area contributed by atoms with Gasteiger partial charge in [-0.2, -0.15) is 0 Å². The molecule has 1 aromatic rings. The van der Waals surface area contributed by atoms with Gasteiger partial charge in [0.05, 0.1) is 0 Å². The quantitative estimate of drug-likeness (QED) is 0.696. The Bertz CT molecular complexity index is 394. The van der Waals surface area contributed by atoms with Crippen LogP contribution in [0, 0.1) is 6.92 Å². The van der Waals surface area contributed by atoms with Gasteiger partial charge in [0.2, 0.25) is 0 Å². The van der Waals surface area contributed by atoms with Gasteiger partial charge in [-0.1, -0.05) is 0 Å². The second-order valence-corrected chi connectivity index (χ2v) is 4.79. The average Bonchev–Trinajstić information content (AvgIpc) is 2.71. The number of likely N-dealkylation sites (tertiary alicyclic amines) is 1. The first-order chi connectivity index (χ1) is 8.67. The molecule has 2 rings (SSSR count). The van der Waals surface area contributed by atoms with E-state index in [0.29, 0.717) is 12.6 Å². The fourth-order valence-corrected chi connectivity index (χ4v) is 2.19. The smallest absolute Gasteiger partial charge is 0.132 e. The highest BCUT2D eigenvalue weighted by molar-refractivity contribution is 5.48. The van der Waals surface area contributed by atoms with E-state index in [9.17, 15) is 0 Å². The molecule has 1 aliphatic rings. The Morgan fingerprint density at radius 1 is 1.44 bits per heavy atom. The van der Waals surface area contributed by atoms with Gasteiger partial charge in [0.1, 0.15) is 17.5 Å². The van der Waals surface area contributed by atoms with Crippen LogP contribution in [0.3, 0.4) is 0 Å². The van der Waals surface area contributed by atoms with E-state index in [2.05, 4.69) is 32.5 Å². The topological polar surface area (TPSA) is 79.1 Å². The van der Waals surface area contributed by atoms with Gasteiger partial charge in [0.15, 0.2) is 0 Å². The third-order valence-corrected chi connectivity index (χ3v) is 3.03. The lowest BCUT2D eigenvalue weighted by atomic mass is 10.2. The molecule has 0 saturated carbocycles. The molecule has 0 bridgehead atoms. The lowest BCUT2D eigenvalue weighted by molar-refractivity contribution is 0.414. The van der Waals surface area contributed by atoms with Crippen molar-refractivity contribution in [3.05, 3.63) is 11.9 Å². The molecule has 0 spiro atoms. The number of nitrogens with two attached hydrogens (primary N) is 1. The summed E-state index contributed by atoms with van der Waals surface area (Å²) in [6.45, 7) is 5.43. The third kappa shape index (κ3) is 3.54. The third-order valence-electron chi connectivity index (χ3n) is 3.03. The van der Waals surface area contributed by atoms with Gasteiger partial charge in [0, 0.05) is 31.7 Å². The number of hydrogen-bond acceptors (Lipinski definition) is 6. The molecule has 6 nitrogen and oxygen atoms in total. The van der Waals surface area contributed by atoms with Crippen LogP contribution in [0.5, 0.6) is 0 Å². The highest BCUT2D eigenvalue weighted by Gasteiger charge is 2.19. The van der Waals surface area contributed by atoms with E-state index in [-0.39, 0.29) is 0 Å². The summed E-state index contributed by atoms with van der Waals surface area (Å²) in [4.78, 5) is 11.1. The van der Waals surface area contributed by atoms with E-state index >= 15 is 0 Å². The molecule has 0 radical (unpaired) electrons. The zero-order valence-corrected chi connectivity index (χ0v) is 11.1. The van der Waals surface area contributed by atoms with E-state index in [1.165, 1.54) is 0 Å². The number of anilines is 2. The van der Waals surface area contributed by atoms with Crippen LogP contribution in [0.1, 0.15) is 12.2 Å². The van der Waals surface area contributed by atoms with Gasteiger partial charge in [-0.15, -0.1) is 0 Å². The minimum Gasteiger partial charge on any atom is -0.369 e. The van der Waals surface area contributed by atoms with Crippen LogP contribution in [0.2, 0.25) is 0 Å². The van der Waals surface area contributed by atoms with Crippen LogP contribution < -0.4 is 16.4 Å². The van der Waals surface area contributed by atoms with Gasteiger partial charge in [-0.25, -0.2) is 9.97 Å². The molecule has 0 aliphatic carbocycles. The summed E-state index contributed by atoms with van der Waals surface area (Å²) in [5.41, 5.74) is 5.47. The second kappa shape index (κ2) is 5.97. The Kier molecular flexibility index (Phi) is 4.33. The van der Waals surface area contributed by atoms with Crippen molar-refractivity contribution in [2.45, 2.75) is 19.4 Å². The molecule has 100 valence electrons. The number of likely N-dealkylation sites (N-methyl/N-ethyl adjacent to an activating group) is 1. The molecule has 6 heteroatoms. The second-order valence-electron chi connectivity index (χ2n) is 4.79. The van der Waals surface area contributed by atoms with Crippen molar-refractivity contribution < 1.29 is 0 Å². The molecular formula is C12H22N6. The van der Waals surface area contributed by atoms with Crippen LogP contribution in [0.15, 0.2) is 6.07 Å². The van der Waals surface area contributed by atoms with Crippen LogP contribution in [-0.2, 0) is 0 Å². The minimum atomic E-state index is 0.478. The highest BCUT2D eigenvalue weighted by atomic mass is 15.2. The van der Waals surface area contributed by atoms with Crippen molar-refractivity contribution in [2.24, 2.45) is 5.73 Å². The van der Waals surface area contributed by atoms with Crippen LogP contribution in [0.4, 0.5) is 11.6 Å². The molecular weight excluding hydrogens is 228 g/mol. The van der Waals surface area contributed by atoms with Crippen LogP contribution >= 0.6 is 0 Å². The summed E-state index contributed by atoms with van der Waals surface area (Å²) >= 11 is 0. The minimum absolute atomic E-state index is 0.478. The number of aromatic nitrogens is 2. The first-order valence-corrected chi connectivity index (χ1v) is 6.42. The Labute approximate surface area is 108 Å². The van der Waals surface area contributed by atoms with Gasteiger partial charge in [0.25, 0.3) is 0 Å². The number of nitrogens with one attached hydrogen (secondary N) is 2. The SMILES string of the molecule is Cc1nc(NCCN)cc(NC2CCN(C)C2)n1. The van der Waals surface area contributed by atoms with E-state index in [1.54, 1.807) is 0 Å². The van der Waals surface area contributed by atoms with Gasteiger partial charge >= 0.3 is 0 Å². The maximum absolute atomic E-state index is 5.47. The Balaban J connectivity index is 2.00. The fraction of sp³-hybridized carbons (Fsp3) is 0.667. The van der Waals surface area contributed by atoms with Gasteiger partial charge < -0.3 is 21.3 Å². The number of hydrogen-bond donors (Lipinski definition) is 3. The monoisotopic (exact) mass is 250 g/mol. The molecule has 1 aliphatic heterocycles. The average molecular weight is 250 g/mol. The van der Waals surface area contributed by atoms with Crippen molar-refractivity contribution in [3.63, 3.8) is 0 Å². The molecule has 1 fully saturated rings. The molecule has 1 aromatic heterocycles. The summed E-state index contributed by atoms with van der Waals surface area (Å²) in [6, 6.07) is 2.42.